The number of nitrogens with zero attached hydrogens (tertiary/aromatic N) is 2. The molecular weight excluding hydrogens is 272 g/mol. The third kappa shape index (κ3) is 2.79. The maximum atomic E-state index is 12.0. The van der Waals surface area contributed by atoms with E-state index in [2.05, 4.69) is 5.10 Å². The summed E-state index contributed by atoms with van der Waals surface area (Å²) in [5.41, 5.74) is 1.23. The second-order valence-corrected chi connectivity index (χ2v) is 4.87. The van der Waals surface area contributed by atoms with Crippen LogP contribution in [0.4, 0.5) is 0 Å². The van der Waals surface area contributed by atoms with E-state index in [1.54, 1.807) is 42.1 Å². The van der Waals surface area contributed by atoms with Crippen molar-refractivity contribution in [1.29, 1.82) is 0 Å². The third-order valence-electron chi connectivity index (χ3n) is 3.25. The average molecular weight is 286 g/mol. The van der Waals surface area contributed by atoms with E-state index in [4.69, 9.17) is 9.47 Å². The minimum atomic E-state index is -0.807. The number of aromatic nitrogens is 2. The van der Waals surface area contributed by atoms with Gasteiger partial charge in [0.15, 0.2) is 0 Å². The lowest BCUT2D eigenvalue weighted by Gasteiger charge is -2.08. The Morgan fingerprint density at radius 1 is 1.38 bits per heavy atom. The Labute approximate surface area is 121 Å². The maximum absolute atomic E-state index is 12.0. The molecule has 1 aliphatic heterocycles. The highest BCUT2D eigenvalue weighted by molar-refractivity contribution is 5.92. The van der Waals surface area contributed by atoms with Crippen molar-refractivity contribution < 1.29 is 19.1 Å². The van der Waals surface area contributed by atoms with Gasteiger partial charge >= 0.3 is 11.9 Å². The number of benzene rings is 1. The van der Waals surface area contributed by atoms with Gasteiger partial charge in [0.2, 0.25) is 6.10 Å². The molecule has 2 aromatic rings. The van der Waals surface area contributed by atoms with Crippen LogP contribution >= 0.6 is 0 Å². The maximum Gasteiger partial charge on any atom is 0.347 e. The van der Waals surface area contributed by atoms with Gasteiger partial charge in [0.1, 0.15) is 6.10 Å². The summed E-state index contributed by atoms with van der Waals surface area (Å²) in [5.74, 6) is -1.01. The first kappa shape index (κ1) is 13.4. The summed E-state index contributed by atoms with van der Waals surface area (Å²) in [6.45, 7) is 1.77. The van der Waals surface area contributed by atoms with E-state index in [1.165, 1.54) is 0 Å². The Kier molecular flexibility index (Phi) is 3.43. The quantitative estimate of drug-likeness (QED) is 0.804. The Balaban J connectivity index is 1.69. The average Bonchev–Trinajstić information content (AvgIpc) is 3.10. The molecule has 1 aromatic heterocycles. The zero-order valence-electron chi connectivity index (χ0n) is 11.4. The van der Waals surface area contributed by atoms with Crippen molar-refractivity contribution in [1.82, 2.24) is 9.78 Å². The molecule has 0 saturated carbocycles. The zero-order chi connectivity index (χ0) is 14.8. The molecule has 0 bridgehead atoms. The standard InChI is InChI=1S/C15H14N2O4/c1-10-9-13(15(19)20-10)21-14(18)11-3-5-12(6-4-11)17-8-2-7-16-17/h2-8,10,13H,9H2,1H3/t10-,13-/m1/s1. The van der Waals surface area contributed by atoms with Gasteiger partial charge in [0.05, 0.1) is 11.3 Å². The lowest BCUT2D eigenvalue weighted by Crippen LogP contribution is -2.22. The first-order chi connectivity index (χ1) is 10.1. The van der Waals surface area contributed by atoms with Crippen LogP contribution in [0.2, 0.25) is 0 Å². The van der Waals surface area contributed by atoms with Crippen molar-refractivity contribution in [3.63, 3.8) is 0 Å². The molecule has 6 nitrogen and oxygen atoms in total. The van der Waals surface area contributed by atoms with Crippen LogP contribution < -0.4 is 0 Å². The topological polar surface area (TPSA) is 70.4 Å². The molecule has 0 N–H and O–H groups in total. The minimum Gasteiger partial charge on any atom is -0.460 e. The molecule has 0 unspecified atom stereocenters. The van der Waals surface area contributed by atoms with Gasteiger partial charge in [-0.2, -0.15) is 5.10 Å². The lowest BCUT2D eigenvalue weighted by molar-refractivity contribution is -0.147. The summed E-state index contributed by atoms with van der Waals surface area (Å²) in [6.07, 6.45) is 2.87. The van der Waals surface area contributed by atoms with Crippen LogP contribution in [0.3, 0.4) is 0 Å². The normalized spacial score (nSPS) is 21.1. The molecule has 1 saturated heterocycles. The van der Waals surface area contributed by atoms with Crippen LogP contribution in [0.25, 0.3) is 5.69 Å². The van der Waals surface area contributed by atoms with Crippen LogP contribution in [0.15, 0.2) is 42.7 Å². The molecule has 0 amide bonds. The molecule has 0 aliphatic carbocycles. The molecule has 0 radical (unpaired) electrons. The van der Waals surface area contributed by atoms with Crippen molar-refractivity contribution >= 4 is 11.9 Å². The fourth-order valence-corrected chi connectivity index (χ4v) is 2.19. The molecule has 21 heavy (non-hydrogen) atoms. The second kappa shape index (κ2) is 5.40. The number of hydrogen-bond acceptors (Lipinski definition) is 5. The molecule has 2 heterocycles. The summed E-state index contributed by atoms with van der Waals surface area (Å²) < 4.78 is 11.8. The van der Waals surface area contributed by atoms with Crippen molar-refractivity contribution in [2.24, 2.45) is 0 Å². The van der Waals surface area contributed by atoms with Crippen molar-refractivity contribution in [3.8, 4) is 5.69 Å². The summed E-state index contributed by atoms with van der Waals surface area (Å²) >= 11 is 0. The van der Waals surface area contributed by atoms with Crippen molar-refractivity contribution in [2.75, 3.05) is 0 Å². The molecule has 1 fully saturated rings. The Bertz CT molecular complexity index is 649. The van der Waals surface area contributed by atoms with Crippen LogP contribution in [-0.4, -0.2) is 33.9 Å². The highest BCUT2D eigenvalue weighted by Gasteiger charge is 2.35. The van der Waals surface area contributed by atoms with Gasteiger partial charge in [-0.25, -0.2) is 14.3 Å². The lowest BCUT2D eigenvalue weighted by atomic mass is 10.2. The number of esters is 2. The number of carbonyl (C=O) groups excluding carboxylic acids is 2. The van der Waals surface area contributed by atoms with Crippen LogP contribution in [0.5, 0.6) is 0 Å². The molecule has 108 valence electrons. The largest absolute Gasteiger partial charge is 0.460 e. The molecule has 1 aromatic carbocycles. The van der Waals surface area contributed by atoms with E-state index < -0.39 is 18.0 Å². The molecule has 0 spiro atoms. The minimum absolute atomic E-state index is 0.211. The van der Waals surface area contributed by atoms with E-state index in [0.717, 1.165) is 5.69 Å². The Morgan fingerprint density at radius 2 is 2.14 bits per heavy atom. The fourth-order valence-electron chi connectivity index (χ4n) is 2.19. The van der Waals surface area contributed by atoms with Gasteiger partial charge in [0.25, 0.3) is 0 Å². The fraction of sp³-hybridized carbons (Fsp3) is 0.267. The summed E-state index contributed by atoms with van der Waals surface area (Å²) in [6, 6.07) is 8.62. The summed E-state index contributed by atoms with van der Waals surface area (Å²) in [7, 11) is 0. The number of ether oxygens (including phenoxy) is 2. The molecule has 2 atom stereocenters. The van der Waals surface area contributed by atoms with E-state index >= 15 is 0 Å². The highest BCUT2D eigenvalue weighted by Crippen LogP contribution is 2.19. The predicted octanol–water partition coefficient (Wildman–Crippen LogP) is 1.73. The summed E-state index contributed by atoms with van der Waals surface area (Å²) in [5, 5.41) is 4.10. The van der Waals surface area contributed by atoms with Gasteiger partial charge < -0.3 is 9.47 Å². The molecule has 6 heteroatoms. The number of carbonyl (C=O) groups is 2. The van der Waals surface area contributed by atoms with Crippen molar-refractivity contribution in [3.05, 3.63) is 48.3 Å². The third-order valence-corrected chi connectivity index (χ3v) is 3.25. The number of hydrogen-bond donors (Lipinski definition) is 0. The van der Waals surface area contributed by atoms with Crippen LogP contribution in [0.1, 0.15) is 23.7 Å². The molecule has 3 rings (SSSR count). The highest BCUT2D eigenvalue weighted by atomic mass is 16.6. The first-order valence-corrected chi connectivity index (χ1v) is 6.65. The Hall–Kier alpha value is -2.63. The first-order valence-electron chi connectivity index (χ1n) is 6.65. The number of cyclic esters (lactones) is 1. The molecular formula is C15H14N2O4. The predicted molar refractivity (Wildman–Crippen MR) is 72.9 cm³/mol. The Morgan fingerprint density at radius 3 is 2.71 bits per heavy atom. The van der Waals surface area contributed by atoms with Gasteiger partial charge in [-0.15, -0.1) is 0 Å². The monoisotopic (exact) mass is 286 g/mol. The zero-order valence-corrected chi connectivity index (χ0v) is 11.4. The van der Waals surface area contributed by atoms with E-state index in [9.17, 15) is 9.59 Å². The van der Waals surface area contributed by atoms with Gasteiger partial charge in [0, 0.05) is 18.8 Å². The van der Waals surface area contributed by atoms with Gasteiger partial charge in [-0.05, 0) is 37.3 Å². The number of rotatable bonds is 3. The SMILES string of the molecule is C[C@@H]1C[C@@H](OC(=O)c2ccc(-n3cccn3)cc2)C(=O)O1. The van der Waals surface area contributed by atoms with E-state index in [0.29, 0.717) is 12.0 Å². The van der Waals surface area contributed by atoms with Gasteiger partial charge in [-0.1, -0.05) is 0 Å². The van der Waals surface area contributed by atoms with Crippen LogP contribution in [0, 0.1) is 0 Å². The molecule has 1 aliphatic rings. The van der Waals surface area contributed by atoms with Gasteiger partial charge in [-0.3, -0.25) is 0 Å². The van der Waals surface area contributed by atoms with Crippen LogP contribution in [-0.2, 0) is 14.3 Å². The van der Waals surface area contributed by atoms with E-state index in [1.807, 2.05) is 12.3 Å². The summed E-state index contributed by atoms with van der Waals surface area (Å²) in [4.78, 5) is 23.4. The second-order valence-electron chi connectivity index (χ2n) is 4.87. The van der Waals surface area contributed by atoms with Crippen molar-refractivity contribution in [2.45, 2.75) is 25.6 Å². The smallest absolute Gasteiger partial charge is 0.347 e. The van der Waals surface area contributed by atoms with E-state index in [-0.39, 0.29) is 6.10 Å².